The molecule has 0 bridgehead atoms. The Bertz CT molecular complexity index is 485. The van der Waals surface area contributed by atoms with Crippen molar-refractivity contribution in [1.29, 1.82) is 0 Å². The number of carbonyl (C=O) groups excluding carboxylic acids is 1. The minimum absolute atomic E-state index is 0.281. The summed E-state index contributed by atoms with van der Waals surface area (Å²) < 4.78 is 10.3. The van der Waals surface area contributed by atoms with E-state index in [9.17, 15) is 4.79 Å². The van der Waals surface area contributed by atoms with E-state index >= 15 is 0 Å². The fourth-order valence-electron chi connectivity index (χ4n) is 1.63. The first-order valence-electron chi connectivity index (χ1n) is 6.44. The lowest BCUT2D eigenvalue weighted by molar-refractivity contribution is -0.138. The molecule has 3 nitrogen and oxygen atoms in total. The van der Waals surface area contributed by atoms with Crippen molar-refractivity contribution >= 4 is 12.0 Å². The third kappa shape index (κ3) is 4.62. The number of benzene rings is 1. The highest BCUT2D eigenvalue weighted by Gasteiger charge is 2.22. The molecule has 1 fully saturated rings. The van der Waals surface area contributed by atoms with Crippen molar-refractivity contribution in [2.45, 2.75) is 12.8 Å². The number of para-hydroxylation sites is 1. The zero-order valence-corrected chi connectivity index (χ0v) is 11.0. The van der Waals surface area contributed by atoms with Gasteiger partial charge < -0.3 is 9.47 Å². The number of rotatable bonds is 6. The van der Waals surface area contributed by atoms with Gasteiger partial charge >= 0.3 is 5.97 Å². The molecular weight excluding hydrogens is 240 g/mol. The maximum atomic E-state index is 11.3. The maximum absolute atomic E-state index is 11.3. The van der Waals surface area contributed by atoms with Gasteiger partial charge in [0.05, 0.1) is 13.7 Å². The van der Waals surface area contributed by atoms with E-state index in [-0.39, 0.29) is 5.97 Å². The summed E-state index contributed by atoms with van der Waals surface area (Å²) in [5.74, 6) is 1.13. The summed E-state index contributed by atoms with van der Waals surface area (Å²) in [5.41, 5.74) is 0.973. The molecule has 0 aromatic heterocycles. The minimum atomic E-state index is -0.281. The number of hydrogen-bond donors (Lipinski definition) is 0. The Morgan fingerprint density at radius 2 is 2.11 bits per heavy atom. The normalized spacial score (nSPS) is 15.0. The van der Waals surface area contributed by atoms with E-state index in [0.717, 1.165) is 11.3 Å². The first kappa shape index (κ1) is 13.4. The van der Waals surface area contributed by atoms with Gasteiger partial charge in [-0.15, -0.1) is 0 Å². The smallest absolute Gasteiger partial charge is 0.330 e. The van der Waals surface area contributed by atoms with Crippen molar-refractivity contribution in [3.63, 3.8) is 0 Å². The minimum Gasteiger partial charge on any atom is -0.496 e. The van der Waals surface area contributed by atoms with Crippen LogP contribution in [0.5, 0.6) is 5.75 Å². The topological polar surface area (TPSA) is 35.5 Å². The average molecular weight is 258 g/mol. The number of carbonyl (C=O) groups is 1. The van der Waals surface area contributed by atoms with Crippen LogP contribution in [0.3, 0.4) is 0 Å². The molecule has 0 spiro atoms. The van der Waals surface area contributed by atoms with Crippen LogP contribution < -0.4 is 4.74 Å². The largest absolute Gasteiger partial charge is 0.496 e. The molecule has 0 amide bonds. The van der Waals surface area contributed by atoms with Gasteiger partial charge in [-0.3, -0.25) is 0 Å². The molecule has 2 rings (SSSR count). The zero-order valence-electron chi connectivity index (χ0n) is 11.0. The van der Waals surface area contributed by atoms with E-state index < -0.39 is 0 Å². The lowest BCUT2D eigenvalue weighted by Gasteiger charge is -2.02. The number of esters is 1. The number of hydrogen-bond acceptors (Lipinski definition) is 3. The first-order chi connectivity index (χ1) is 9.29. The van der Waals surface area contributed by atoms with Gasteiger partial charge in [-0.2, -0.15) is 0 Å². The molecule has 19 heavy (non-hydrogen) atoms. The average Bonchev–Trinajstić information content (AvgIpc) is 3.26. The molecule has 1 aromatic carbocycles. The van der Waals surface area contributed by atoms with Crippen LogP contribution in [0.25, 0.3) is 6.08 Å². The molecule has 0 atom stereocenters. The van der Waals surface area contributed by atoms with E-state index in [2.05, 4.69) is 0 Å². The van der Waals surface area contributed by atoms with Crippen LogP contribution >= 0.6 is 0 Å². The zero-order chi connectivity index (χ0) is 13.5. The maximum Gasteiger partial charge on any atom is 0.330 e. The van der Waals surface area contributed by atoms with E-state index in [1.54, 1.807) is 19.3 Å². The molecule has 100 valence electrons. The lowest BCUT2D eigenvalue weighted by atomic mass is 10.2. The summed E-state index contributed by atoms with van der Waals surface area (Å²) in [5, 5.41) is 0. The van der Waals surface area contributed by atoms with E-state index in [1.807, 2.05) is 30.3 Å². The summed E-state index contributed by atoms with van der Waals surface area (Å²) in [6, 6.07) is 7.71. The lowest BCUT2D eigenvalue weighted by Crippen LogP contribution is -2.03. The van der Waals surface area contributed by atoms with Crippen molar-refractivity contribution in [3.05, 3.63) is 48.1 Å². The van der Waals surface area contributed by atoms with E-state index in [1.165, 1.54) is 18.9 Å². The van der Waals surface area contributed by atoms with Crippen LogP contribution in [-0.2, 0) is 9.53 Å². The highest BCUT2D eigenvalue weighted by Crippen LogP contribution is 2.28. The summed E-state index contributed by atoms with van der Waals surface area (Å²) >= 11 is 0. The first-order valence-corrected chi connectivity index (χ1v) is 6.44. The highest BCUT2D eigenvalue weighted by molar-refractivity contribution is 5.82. The number of ether oxygens (including phenoxy) is 2. The van der Waals surface area contributed by atoms with Gasteiger partial charge in [0, 0.05) is 11.6 Å². The van der Waals surface area contributed by atoms with Crippen LogP contribution in [0.1, 0.15) is 18.4 Å². The quantitative estimate of drug-likeness (QED) is 0.446. The molecule has 0 heterocycles. The summed E-state index contributed by atoms with van der Waals surface area (Å²) in [4.78, 5) is 11.3. The second kappa shape index (κ2) is 6.78. The molecule has 1 saturated carbocycles. The molecule has 1 aliphatic rings. The Balaban J connectivity index is 1.82. The molecule has 1 aliphatic carbocycles. The van der Waals surface area contributed by atoms with Crippen molar-refractivity contribution in [2.24, 2.45) is 5.92 Å². The second-order valence-electron chi connectivity index (χ2n) is 4.53. The molecule has 0 N–H and O–H groups in total. The highest BCUT2D eigenvalue weighted by atomic mass is 16.5. The monoisotopic (exact) mass is 258 g/mol. The molecule has 0 radical (unpaired) electrons. The van der Waals surface area contributed by atoms with E-state index in [4.69, 9.17) is 9.47 Å². The molecule has 3 heteroatoms. The Hall–Kier alpha value is -2.03. The van der Waals surface area contributed by atoms with Crippen molar-refractivity contribution in [2.75, 3.05) is 13.7 Å². The molecule has 0 saturated heterocycles. The second-order valence-corrected chi connectivity index (χ2v) is 4.53. The molecule has 1 aromatic rings. The van der Waals surface area contributed by atoms with Gasteiger partial charge in [0.1, 0.15) is 5.75 Å². The van der Waals surface area contributed by atoms with Crippen LogP contribution in [0.4, 0.5) is 0 Å². The number of allylic oxidation sites excluding steroid dienone is 2. The van der Waals surface area contributed by atoms with Crippen molar-refractivity contribution < 1.29 is 14.3 Å². The Morgan fingerprint density at radius 3 is 2.84 bits per heavy atom. The summed E-state index contributed by atoms with van der Waals surface area (Å²) in [7, 11) is 1.64. The summed E-state index contributed by atoms with van der Waals surface area (Å²) in [6.07, 6.45) is 9.19. The van der Waals surface area contributed by atoms with Gasteiger partial charge in [0.15, 0.2) is 0 Å². The van der Waals surface area contributed by atoms with Crippen molar-refractivity contribution in [1.82, 2.24) is 0 Å². The predicted octanol–water partition coefficient (Wildman–Crippen LogP) is 3.22. The van der Waals surface area contributed by atoms with Gasteiger partial charge in [-0.05, 0) is 24.8 Å². The Kier molecular flexibility index (Phi) is 4.78. The predicted molar refractivity (Wildman–Crippen MR) is 74.9 cm³/mol. The SMILES string of the molecule is COc1ccccc1C=CC=CC(=O)OCC1CC1. The fourth-order valence-corrected chi connectivity index (χ4v) is 1.63. The Morgan fingerprint density at radius 1 is 1.32 bits per heavy atom. The fraction of sp³-hybridized carbons (Fsp3) is 0.312. The molecular formula is C16H18O3. The van der Waals surface area contributed by atoms with Crippen LogP contribution in [-0.4, -0.2) is 19.7 Å². The number of methoxy groups -OCH3 is 1. The third-order valence-corrected chi connectivity index (χ3v) is 2.92. The van der Waals surface area contributed by atoms with Crippen LogP contribution in [0, 0.1) is 5.92 Å². The van der Waals surface area contributed by atoms with Gasteiger partial charge in [-0.1, -0.05) is 36.4 Å². The summed E-state index contributed by atoms with van der Waals surface area (Å²) in [6.45, 7) is 0.555. The third-order valence-electron chi connectivity index (χ3n) is 2.92. The van der Waals surface area contributed by atoms with Gasteiger partial charge in [-0.25, -0.2) is 4.79 Å². The van der Waals surface area contributed by atoms with Gasteiger partial charge in [0.25, 0.3) is 0 Å². The van der Waals surface area contributed by atoms with Crippen LogP contribution in [0.15, 0.2) is 42.5 Å². The van der Waals surface area contributed by atoms with Crippen LogP contribution in [0.2, 0.25) is 0 Å². The van der Waals surface area contributed by atoms with E-state index in [0.29, 0.717) is 12.5 Å². The standard InChI is InChI=1S/C16H18O3/c1-18-15-8-4-2-6-14(15)7-3-5-9-16(17)19-12-13-10-11-13/h2-9,13H,10-12H2,1H3. The van der Waals surface area contributed by atoms with Crippen molar-refractivity contribution in [3.8, 4) is 5.75 Å². The molecule has 0 aliphatic heterocycles. The Labute approximate surface area is 113 Å². The van der Waals surface area contributed by atoms with Gasteiger partial charge in [0.2, 0.25) is 0 Å². The molecule has 0 unspecified atom stereocenters.